The maximum absolute atomic E-state index is 13.7. The van der Waals surface area contributed by atoms with E-state index in [1.807, 2.05) is 37.5 Å². The smallest absolute Gasteiger partial charge is 0.407 e. The van der Waals surface area contributed by atoms with Crippen molar-refractivity contribution >= 4 is 46.1 Å². The molecule has 0 spiro atoms. The first-order chi connectivity index (χ1) is 27.8. The molecule has 0 unspecified atom stereocenters. The molecule has 58 heavy (non-hydrogen) atoms. The summed E-state index contributed by atoms with van der Waals surface area (Å²) in [6.07, 6.45) is 8.80. The lowest BCUT2D eigenvalue weighted by atomic mass is 9.50. The average Bonchev–Trinajstić information content (AvgIpc) is 4.06. The lowest BCUT2D eigenvalue weighted by Crippen LogP contribution is -2.51. The highest BCUT2D eigenvalue weighted by atomic mass is 16.5. The number of aromatic amines is 2. The Morgan fingerprint density at radius 2 is 1.03 bits per heavy atom. The van der Waals surface area contributed by atoms with Crippen LogP contribution in [0.4, 0.5) is 9.59 Å². The van der Waals surface area contributed by atoms with Crippen LogP contribution in [0.3, 0.4) is 0 Å². The predicted molar refractivity (Wildman–Crippen MR) is 219 cm³/mol. The highest BCUT2D eigenvalue weighted by molar-refractivity contribution is 5.87. The number of methoxy groups -OCH3 is 2. The molecule has 4 heterocycles. The molecule has 3 saturated carbocycles. The van der Waals surface area contributed by atoms with Crippen molar-refractivity contribution in [2.24, 2.45) is 11.8 Å². The van der Waals surface area contributed by atoms with Crippen molar-refractivity contribution in [2.75, 3.05) is 27.3 Å². The molecule has 2 aromatic heterocycles. The number of fused-ring (bicyclic) bond motifs is 5. The molecule has 5 fully saturated rings. The van der Waals surface area contributed by atoms with Crippen molar-refractivity contribution in [1.29, 1.82) is 0 Å². The fourth-order valence-corrected chi connectivity index (χ4v) is 10.5. The van der Waals surface area contributed by atoms with E-state index in [4.69, 9.17) is 19.4 Å². The second kappa shape index (κ2) is 15.6. The molecule has 14 nitrogen and oxygen atoms in total. The number of hydrogen-bond acceptors (Lipinski definition) is 8. The van der Waals surface area contributed by atoms with Crippen LogP contribution in [0.15, 0.2) is 36.4 Å². The molecule has 0 radical (unpaired) electrons. The zero-order chi connectivity index (χ0) is 40.9. The number of rotatable bonds is 10. The Bertz CT molecular complexity index is 2030. The summed E-state index contributed by atoms with van der Waals surface area (Å²) in [5.74, 6) is 1.18. The number of alkyl carbamates (subject to hydrolysis) is 2. The van der Waals surface area contributed by atoms with E-state index in [1.165, 1.54) is 25.3 Å². The van der Waals surface area contributed by atoms with Crippen molar-refractivity contribution in [3.05, 3.63) is 59.2 Å². The summed E-state index contributed by atoms with van der Waals surface area (Å²) in [7, 11) is 2.62. The van der Waals surface area contributed by atoms with E-state index in [1.54, 1.807) is 0 Å². The van der Waals surface area contributed by atoms with Gasteiger partial charge in [-0.1, -0.05) is 39.8 Å². The van der Waals surface area contributed by atoms with E-state index in [2.05, 4.69) is 57.0 Å². The number of aromatic nitrogens is 4. The zero-order valence-electron chi connectivity index (χ0n) is 34.7. The van der Waals surface area contributed by atoms with Crippen LogP contribution in [-0.4, -0.2) is 93.1 Å². The number of H-pyrrole nitrogens is 2. The molecule has 3 aliphatic carbocycles. The minimum Gasteiger partial charge on any atom is -0.453 e. The van der Waals surface area contributed by atoms with E-state index < -0.39 is 24.3 Å². The van der Waals surface area contributed by atoms with Crippen LogP contribution in [0.25, 0.3) is 22.1 Å². The number of likely N-dealkylation sites (tertiary alicyclic amines) is 2. The van der Waals surface area contributed by atoms with Gasteiger partial charge in [0, 0.05) is 13.1 Å². The molecule has 4 atom stereocenters. The summed E-state index contributed by atoms with van der Waals surface area (Å²) in [6, 6.07) is 11.7. The number of amides is 4. The quantitative estimate of drug-likeness (QED) is 0.132. The van der Waals surface area contributed by atoms with Gasteiger partial charge in [0.1, 0.15) is 23.7 Å². The Hall–Kier alpha value is -5.14. The number of carbonyl (C=O) groups is 4. The molecule has 9 rings (SSSR count). The first-order valence-electron chi connectivity index (χ1n) is 21.2. The highest BCUT2D eigenvalue weighted by Crippen LogP contribution is 2.59. The zero-order valence-corrected chi connectivity index (χ0v) is 34.7. The lowest BCUT2D eigenvalue weighted by molar-refractivity contribution is -0.136. The first-order valence-corrected chi connectivity index (χ1v) is 21.2. The van der Waals surface area contributed by atoms with Gasteiger partial charge >= 0.3 is 12.2 Å². The molecular formula is C44H58N8O6. The molecule has 2 aromatic carbocycles. The van der Waals surface area contributed by atoms with Crippen LogP contribution in [-0.2, 0) is 29.9 Å². The predicted octanol–water partition coefficient (Wildman–Crippen LogP) is 7.07. The molecule has 5 aliphatic rings. The number of hydrogen-bond donors (Lipinski definition) is 4. The summed E-state index contributed by atoms with van der Waals surface area (Å²) >= 11 is 0. The summed E-state index contributed by atoms with van der Waals surface area (Å²) < 4.78 is 9.60. The van der Waals surface area contributed by atoms with Crippen LogP contribution in [0.1, 0.15) is 127 Å². The standard InChI is InChI=1S/C44H58N8O6/c1-25(2)35(49-41(55)57-5)39(53)51-21-7-9-33(51)37-45-29-13-11-27(23-31(29)47-37)43-15-18-44(19-16-43,20-17-43)28-12-14-30-32(24-28)48-38(46-30)34-10-8-22-52(34)40(54)36(26(3)4)50-42(56)58-6/h11-14,23-26,33-36H,7-10,15-22H2,1-6H3,(H,45,47)(H,46,48)(H,49,55)(H,50,56)/t33-,34-,35-,36-,43?,44?/m0/s1. The Morgan fingerprint density at radius 1 is 0.655 bits per heavy atom. The molecule has 4 N–H and O–H groups in total. The first kappa shape index (κ1) is 39.7. The lowest BCUT2D eigenvalue weighted by Gasteiger charge is -2.54. The van der Waals surface area contributed by atoms with Crippen molar-refractivity contribution in [1.82, 2.24) is 40.4 Å². The highest BCUT2D eigenvalue weighted by Gasteiger charge is 2.50. The number of carbonyl (C=O) groups excluding carboxylic acids is 4. The monoisotopic (exact) mass is 794 g/mol. The fourth-order valence-electron chi connectivity index (χ4n) is 10.5. The van der Waals surface area contributed by atoms with Crippen LogP contribution in [0.2, 0.25) is 0 Å². The number of nitrogens with one attached hydrogen (secondary N) is 4. The largest absolute Gasteiger partial charge is 0.453 e. The van der Waals surface area contributed by atoms with E-state index in [0.717, 1.165) is 97.9 Å². The van der Waals surface area contributed by atoms with E-state index in [-0.39, 0.29) is 46.6 Å². The third-order valence-corrected chi connectivity index (χ3v) is 14.0. The molecule has 2 saturated heterocycles. The van der Waals surface area contributed by atoms with Gasteiger partial charge in [-0.05, 0) is 122 Å². The van der Waals surface area contributed by atoms with Crippen molar-refractivity contribution in [2.45, 2.75) is 127 Å². The third-order valence-electron chi connectivity index (χ3n) is 14.0. The van der Waals surface area contributed by atoms with E-state index in [0.29, 0.717) is 13.1 Å². The van der Waals surface area contributed by atoms with Crippen LogP contribution < -0.4 is 10.6 Å². The van der Waals surface area contributed by atoms with Gasteiger partial charge in [0.05, 0.1) is 48.4 Å². The minimum atomic E-state index is -0.672. The fraction of sp³-hybridized carbons (Fsp3) is 0.591. The van der Waals surface area contributed by atoms with E-state index in [9.17, 15) is 19.2 Å². The maximum Gasteiger partial charge on any atom is 0.407 e. The number of benzene rings is 2. The van der Waals surface area contributed by atoms with Crippen LogP contribution >= 0.6 is 0 Å². The Balaban J connectivity index is 0.966. The van der Waals surface area contributed by atoms with Gasteiger partial charge in [-0.25, -0.2) is 19.6 Å². The second-order valence-electron chi connectivity index (χ2n) is 17.9. The van der Waals surface area contributed by atoms with Crippen LogP contribution in [0.5, 0.6) is 0 Å². The molecule has 4 amide bonds. The average molecular weight is 795 g/mol. The third kappa shape index (κ3) is 7.06. The molecule has 2 bridgehead atoms. The van der Waals surface area contributed by atoms with E-state index >= 15 is 0 Å². The molecule has 14 heteroatoms. The number of imidazole rings is 2. The Labute approximate surface area is 339 Å². The molecular weight excluding hydrogens is 737 g/mol. The SMILES string of the molecule is COC(=O)N[C@H](C(=O)N1CCC[C@H]1c1nc2ccc(C34CCC(c5ccc6nc([C@@H]7CCCN7C(=O)[C@@H](NC(=O)OC)C(C)C)[nH]c6c5)(CC3)CC4)cc2[nH]1)C(C)C. The van der Waals surface area contributed by atoms with Gasteiger partial charge in [-0.15, -0.1) is 0 Å². The summed E-state index contributed by atoms with van der Waals surface area (Å²) in [4.78, 5) is 72.5. The molecule has 310 valence electrons. The van der Waals surface area contributed by atoms with Gasteiger partial charge in [0.15, 0.2) is 0 Å². The Morgan fingerprint density at radius 3 is 1.38 bits per heavy atom. The minimum absolute atomic E-state index is 0.0919. The normalized spacial score (nSPS) is 25.4. The van der Waals surface area contributed by atoms with Crippen LogP contribution in [0, 0.1) is 11.8 Å². The molecule has 2 aliphatic heterocycles. The van der Waals surface area contributed by atoms with Crippen molar-refractivity contribution in [3.63, 3.8) is 0 Å². The summed E-state index contributed by atoms with van der Waals surface area (Å²) in [5.41, 5.74) is 6.74. The second-order valence-corrected chi connectivity index (χ2v) is 17.9. The number of ether oxygens (including phenoxy) is 2. The summed E-state index contributed by atoms with van der Waals surface area (Å²) in [5, 5.41) is 5.47. The van der Waals surface area contributed by atoms with Gasteiger partial charge in [0.2, 0.25) is 11.8 Å². The van der Waals surface area contributed by atoms with Crippen molar-refractivity contribution in [3.8, 4) is 0 Å². The van der Waals surface area contributed by atoms with Gasteiger partial charge in [-0.2, -0.15) is 0 Å². The number of nitrogens with zero attached hydrogens (tertiary/aromatic N) is 4. The van der Waals surface area contributed by atoms with Gasteiger partial charge in [-0.3, -0.25) is 9.59 Å². The maximum atomic E-state index is 13.7. The van der Waals surface area contributed by atoms with Gasteiger partial charge < -0.3 is 39.9 Å². The van der Waals surface area contributed by atoms with Crippen molar-refractivity contribution < 1.29 is 28.7 Å². The topological polar surface area (TPSA) is 175 Å². The summed E-state index contributed by atoms with van der Waals surface area (Å²) in [6.45, 7) is 8.94. The Kier molecular flexibility index (Phi) is 10.6. The molecule has 4 aromatic rings. The van der Waals surface area contributed by atoms with Gasteiger partial charge in [0.25, 0.3) is 0 Å².